The van der Waals surface area contributed by atoms with Gasteiger partial charge in [0.2, 0.25) is 0 Å². The van der Waals surface area contributed by atoms with Gasteiger partial charge in [0.25, 0.3) is 0 Å². The van der Waals surface area contributed by atoms with Gasteiger partial charge >= 0.3 is 0 Å². The van der Waals surface area contributed by atoms with Crippen molar-refractivity contribution in [2.75, 3.05) is 7.11 Å². The number of carbonyl (C=O) groups is 1. The van der Waals surface area contributed by atoms with Gasteiger partial charge in [-0.2, -0.15) is 0 Å². The van der Waals surface area contributed by atoms with Gasteiger partial charge in [-0.1, -0.05) is 6.07 Å². The minimum Gasteiger partial charge on any atom is -0.506 e. The summed E-state index contributed by atoms with van der Waals surface area (Å²) in [5.41, 5.74) is 0.727. The standard InChI is InChI=1S/C21H22O6/c1-21(2)9-8-13-17(27-21)11-18(26-3)19(20(13)25)15(23)7-5-12-4-6-14(22)16(24)10-12/h4,6,8-11,22,24-25H,5,7H2,1-3H3. The molecule has 6 nitrogen and oxygen atoms in total. The van der Waals surface area contributed by atoms with Crippen LogP contribution in [0.5, 0.6) is 28.7 Å². The Kier molecular flexibility index (Phi) is 4.74. The third-order valence-electron chi connectivity index (χ3n) is 4.47. The van der Waals surface area contributed by atoms with Gasteiger partial charge in [-0.05, 0) is 50.1 Å². The van der Waals surface area contributed by atoms with Crippen molar-refractivity contribution in [1.29, 1.82) is 0 Å². The van der Waals surface area contributed by atoms with Crippen molar-refractivity contribution >= 4 is 11.9 Å². The summed E-state index contributed by atoms with van der Waals surface area (Å²) in [6.45, 7) is 3.78. The zero-order valence-electron chi connectivity index (χ0n) is 15.4. The maximum absolute atomic E-state index is 12.8. The number of hydrogen-bond donors (Lipinski definition) is 3. The molecule has 3 N–H and O–H groups in total. The number of carbonyl (C=O) groups excluding carboxylic acids is 1. The van der Waals surface area contributed by atoms with Crippen LogP contribution in [0.3, 0.4) is 0 Å². The molecule has 3 rings (SSSR count). The van der Waals surface area contributed by atoms with Crippen molar-refractivity contribution in [1.82, 2.24) is 0 Å². The lowest BCUT2D eigenvalue weighted by Crippen LogP contribution is -2.27. The Bertz CT molecular complexity index is 927. The molecule has 0 spiro atoms. The van der Waals surface area contributed by atoms with Gasteiger partial charge in [0.1, 0.15) is 28.4 Å². The van der Waals surface area contributed by atoms with Crippen LogP contribution in [0.1, 0.15) is 41.8 Å². The van der Waals surface area contributed by atoms with Crippen LogP contribution in [0, 0.1) is 0 Å². The molecule has 142 valence electrons. The average Bonchev–Trinajstić information content (AvgIpc) is 2.61. The predicted molar refractivity (Wildman–Crippen MR) is 101 cm³/mol. The molecule has 6 heteroatoms. The number of phenols is 3. The Morgan fingerprint density at radius 2 is 1.89 bits per heavy atom. The highest BCUT2D eigenvalue weighted by molar-refractivity contribution is 6.03. The fourth-order valence-electron chi connectivity index (χ4n) is 3.02. The van der Waals surface area contributed by atoms with E-state index in [4.69, 9.17) is 9.47 Å². The number of benzene rings is 2. The first-order valence-electron chi connectivity index (χ1n) is 8.58. The fourth-order valence-corrected chi connectivity index (χ4v) is 3.02. The van der Waals surface area contributed by atoms with Crippen molar-refractivity contribution in [2.24, 2.45) is 0 Å². The highest BCUT2D eigenvalue weighted by Crippen LogP contribution is 2.43. The smallest absolute Gasteiger partial charge is 0.170 e. The minimum absolute atomic E-state index is 0.100. The SMILES string of the molecule is COc1cc2c(c(O)c1C(=O)CCc1ccc(O)c(O)c1)C=CC(C)(C)O2. The number of fused-ring (bicyclic) bond motifs is 1. The van der Waals surface area contributed by atoms with E-state index in [0.717, 1.165) is 0 Å². The van der Waals surface area contributed by atoms with Crippen LogP contribution < -0.4 is 9.47 Å². The highest BCUT2D eigenvalue weighted by atomic mass is 16.5. The number of methoxy groups -OCH3 is 1. The van der Waals surface area contributed by atoms with Crippen molar-refractivity contribution < 1.29 is 29.6 Å². The van der Waals surface area contributed by atoms with Crippen LogP contribution in [0.4, 0.5) is 0 Å². The van der Waals surface area contributed by atoms with E-state index in [0.29, 0.717) is 23.3 Å². The molecule has 0 fully saturated rings. The monoisotopic (exact) mass is 370 g/mol. The van der Waals surface area contributed by atoms with Crippen LogP contribution in [-0.2, 0) is 6.42 Å². The van der Waals surface area contributed by atoms with E-state index in [1.165, 1.54) is 19.2 Å². The molecule has 2 aromatic carbocycles. The van der Waals surface area contributed by atoms with Gasteiger partial charge in [0.15, 0.2) is 17.3 Å². The number of Topliss-reactive ketones (excluding diaryl/α,β-unsaturated/α-hetero) is 1. The molecule has 27 heavy (non-hydrogen) atoms. The van der Waals surface area contributed by atoms with E-state index in [9.17, 15) is 20.1 Å². The summed E-state index contributed by atoms with van der Waals surface area (Å²) < 4.78 is 11.2. The lowest BCUT2D eigenvalue weighted by Gasteiger charge is -2.29. The largest absolute Gasteiger partial charge is 0.506 e. The molecule has 0 unspecified atom stereocenters. The Morgan fingerprint density at radius 3 is 2.56 bits per heavy atom. The van der Waals surface area contributed by atoms with Crippen molar-refractivity contribution in [3.63, 3.8) is 0 Å². The Morgan fingerprint density at radius 1 is 1.15 bits per heavy atom. The summed E-state index contributed by atoms with van der Waals surface area (Å²) in [6.07, 6.45) is 3.99. The number of ether oxygens (including phenoxy) is 2. The highest BCUT2D eigenvalue weighted by Gasteiger charge is 2.29. The lowest BCUT2D eigenvalue weighted by molar-refractivity contribution is 0.0976. The zero-order valence-corrected chi connectivity index (χ0v) is 15.4. The predicted octanol–water partition coefficient (Wildman–Crippen LogP) is 3.81. The Hall–Kier alpha value is -3.15. The molecular formula is C21H22O6. The van der Waals surface area contributed by atoms with Gasteiger partial charge in [-0.15, -0.1) is 0 Å². The minimum atomic E-state index is -0.517. The first kappa shape index (κ1) is 18.6. The van der Waals surface area contributed by atoms with Crippen LogP contribution in [0.25, 0.3) is 6.08 Å². The van der Waals surface area contributed by atoms with Crippen LogP contribution in [0.2, 0.25) is 0 Å². The summed E-state index contributed by atoms with van der Waals surface area (Å²) in [6, 6.07) is 6.02. The number of aryl methyl sites for hydroxylation is 1. The van der Waals surface area contributed by atoms with E-state index in [-0.39, 0.29) is 40.8 Å². The summed E-state index contributed by atoms with van der Waals surface area (Å²) in [5, 5.41) is 29.6. The normalized spacial score (nSPS) is 14.3. The second-order valence-corrected chi connectivity index (χ2v) is 7.00. The van der Waals surface area contributed by atoms with Gasteiger partial charge in [-0.3, -0.25) is 4.79 Å². The summed E-state index contributed by atoms with van der Waals surface area (Å²) in [4.78, 5) is 12.8. The summed E-state index contributed by atoms with van der Waals surface area (Å²) in [5.74, 6) is -0.215. The average molecular weight is 370 g/mol. The van der Waals surface area contributed by atoms with E-state index in [1.807, 2.05) is 19.9 Å². The molecular weight excluding hydrogens is 348 g/mol. The Labute approximate surface area is 157 Å². The van der Waals surface area contributed by atoms with Crippen molar-refractivity contribution in [3.8, 4) is 28.7 Å². The van der Waals surface area contributed by atoms with Gasteiger partial charge < -0.3 is 24.8 Å². The van der Waals surface area contributed by atoms with E-state index in [1.54, 1.807) is 18.2 Å². The molecule has 0 atom stereocenters. The number of rotatable bonds is 5. The van der Waals surface area contributed by atoms with E-state index in [2.05, 4.69) is 0 Å². The molecule has 1 aliphatic rings. The van der Waals surface area contributed by atoms with Gasteiger partial charge in [0, 0.05) is 12.5 Å². The quantitative estimate of drug-likeness (QED) is 0.547. The number of ketones is 1. The number of phenolic OH excluding ortho intramolecular Hbond substituents is 3. The van der Waals surface area contributed by atoms with E-state index >= 15 is 0 Å². The van der Waals surface area contributed by atoms with Crippen molar-refractivity contribution in [2.45, 2.75) is 32.3 Å². The second kappa shape index (κ2) is 6.87. The first-order chi connectivity index (χ1) is 12.7. The van der Waals surface area contributed by atoms with Gasteiger partial charge in [0.05, 0.1) is 12.7 Å². The lowest BCUT2D eigenvalue weighted by atomic mass is 9.95. The molecule has 0 radical (unpaired) electrons. The topological polar surface area (TPSA) is 96.2 Å². The Balaban J connectivity index is 1.89. The second-order valence-electron chi connectivity index (χ2n) is 7.00. The maximum atomic E-state index is 12.8. The molecule has 0 aliphatic carbocycles. The van der Waals surface area contributed by atoms with Crippen LogP contribution in [-0.4, -0.2) is 33.8 Å². The van der Waals surface area contributed by atoms with Crippen molar-refractivity contribution in [3.05, 3.63) is 47.0 Å². The zero-order chi connectivity index (χ0) is 19.8. The number of hydrogen-bond acceptors (Lipinski definition) is 6. The molecule has 0 bridgehead atoms. The third-order valence-corrected chi connectivity index (χ3v) is 4.47. The molecule has 0 saturated carbocycles. The maximum Gasteiger partial charge on any atom is 0.170 e. The molecule has 1 heterocycles. The molecule has 1 aliphatic heterocycles. The summed E-state index contributed by atoms with van der Waals surface area (Å²) in [7, 11) is 1.43. The third kappa shape index (κ3) is 3.69. The fraction of sp³-hybridized carbons (Fsp3) is 0.286. The summed E-state index contributed by atoms with van der Waals surface area (Å²) >= 11 is 0. The molecule has 2 aromatic rings. The molecule has 0 saturated heterocycles. The molecule has 0 aromatic heterocycles. The van der Waals surface area contributed by atoms with Gasteiger partial charge in [-0.25, -0.2) is 0 Å². The molecule has 0 amide bonds. The van der Waals surface area contributed by atoms with Crippen LogP contribution >= 0.6 is 0 Å². The van der Waals surface area contributed by atoms with E-state index < -0.39 is 5.60 Å². The first-order valence-corrected chi connectivity index (χ1v) is 8.58. The number of aromatic hydroxyl groups is 3. The van der Waals surface area contributed by atoms with Crippen LogP contribution in [0.15, 0.2) is 30.3 Å².